The van der Waals surface area contributed by atoms with Gasteiger partial charge in [-0.1, -0.05) is 12.1 Å². The van der Waals surface area contributed by atoms with E-state index in [0.717, 1.165) is 35.7 Å². The molecule has 5 nitrogen and oxygen atoms in total. The monoisotopic (exact) mass is 296 g/mol. The first kappa shape index (κ1) is 14.7. The Labute approximate surface area is 129 Å². The smallest absolute Gasteiger partial charge is 0.137 e. The lowest BCUT2D eigenvalue weighted by molar-refractivity contribution is 0.182. The number of aliphatic hydroxyl groups is 1. The molecule has 0 radical (unpaired) electrons. The zero-order chi connectivity index (χ0) is 15.4. The molecule has 3 heterocycles. The van der Waals surface area contributed by atoms with E-state index in [1.807, 2.05) is 43.6 Å². The average molecular weight is 296 g/mol. The van der Waals surface area contributed by atoms with E-state index in [9.17, 15) is 5.11 Å². The molecule has 3 aromatic heterocycles. The van der Waals surface area contributed by atoms with Gasteiger partial charge in [0.1, 0.15) is 5.65 Å². The summed E-state index contributed by atoms with van der Waals surface area (Å²) in [6.45, 7) is 4.29. The second-order valence-electron chi connectivity index (χ2n) is 5.37. The van der Waals surface area contributed by atoms with Crippen LogP contribution < -0.4 is 0 Å². The van der Waals surface area contributed by atoms with Crippen molar-refractivity contribution in [3.63, 3.8) is 0 Å². The molecule has 5 heteroatoms. The Morgan fingerprint density at radius 1 is 1.18 bits per heavy atom. The summed E-state index contributed by atoms with van der Waals surface area (Å²) in [5, 5.41) is 9.35. The number of aliphatic hydroxyl groups excluding tert-OH is 1. The number of aromatic nitrogens is 3. The molecule has 0 saturated heterocycles. The first-order chi connectivity index (χ1) is 10.8. The van der Waals surface area contributed by atoms with Gasteiger partial charge in [-0.15, -0.1) is 0 Å². The number of rotatable bonds is 6. The largest absolute Gasteiger partial charge is 0.395 e. The summed E-state index contributed by atoms with van der Waals surface area (Å²) < 4.78 is 2.11. The van der Waals surface area contributed by atoms with Crippen LogP contribution in [-0.2, 0) is 13.1 Å². The molecule has 3 aromatic rings. The maximum absolute atomic E-state index is 9.35. The number of hydrogen-bond donors (Lipinski definition) is 1. The number of nitrogens with zero attached hydrogens (tertiary/aromatic N) is 4. The van der Waals surface area contributed by atoms with Crippen LogP contribution in [0.1, 0.15) is 17.0 Å². The van der Waals surface area contributed by atoms with Gasteiger partial charge in [0.15, 0.2) is 0 Å². The molecule has 114 valence electrons. The van der Waals surface area contributed by atoms with Crippen LogP contribution in [0.5, 0.6) is 0 Å². The van der Waals surface area contributed by atoms with E-state index in [4.69, 9.17) is 0 Å². The minimum atomic E-state index is 0.135. The standard InChI is InChI=1S/C17H20N4O/c1-14-16(21-8-3-2-6-17(21)19-14)13-20(9-10-22)12-15-5-4-7-18-11-15/h2-8,11,22H,9-10,12-13H2,1H3. The van der Waals surface area contributed by atoms with Crippen LogP contribution in [0, 0.1) is 6.92 Å². The van der Waals surface area contributed by atoms with Crippen molar-refractivity contribution in [1.82, 2.24) is 19.3 Å². The Bertz CT molecular complexity index is 739. The second-order valence-corrected chi connectivity index (χ2v) is 5.37. The summed E-state index contributed by atoms with van der Waals surface area (Å²) in [5.74, 6) is 0. The Hall–Kier alpha value is -2.24. The third-order valence-corrected chi connectivity index (χ3v) is 3.75. The maximum atomic E-state index is 9.35. The highest BCUT2D eigenvalue weighted by atomic mass is 16.3. The van der Waals surface area contributed by atoms with Crippen LogP contribution in [-0.4, -0.2) is 37.5 Å². The van der Waals surface area contributed by atoms with Crippen molar-refractivity contribution in [2.45, 2.75) is 20.0 Å². The normalized spacial score (nSPS) is 11.4. The minimum absolute atomic E-state index is 0.135. The van der Waals surface area contributed by atoms with E-state index in [2.05, 4.69) is 25.3 Å². The molecule has 0 saturated carbocycles. The molecule has 0 aromatic carbocycles. The van der Waals surface area contributed by atoms with E-state index in [-0.39, 0.29) is 6.61 Å². The molecule has 0 aliphatic heterocycles. The van der Waals surface area contributed by atoms with E-state index in [0.29, 0.717) is 6.54 Å². The lowest BCUT2D eigenvalue weighted by atomic mass is 10.2. The molecular weight excluding hydrogens is 276 g/mol. The van der Waals surface area contributed by atoms with Crippen molar-refractivity contribution in [3.8, 4) is 0 Å². The molecule has 22 heavy (non-hydrogen) atoms. The van der Waals surface area contributed by atoms with Crippen molar-refractivity contribution in [2.24, 2.45) is 0 Å². The van der Waals surface area contributed by atoms with Gasteiger partial charge >= 0.3 is 0 Å². The predicted octanol–water partition coefficient (Wildman–Crippen LogP) is 2.03. The molecule has 0 spiro atoms. The van der Waals surface area contributed by atoms with Crippen LogP contribution in [0.15, 0.2) is 48.9 Å². The quantitative estimate of drug-likeness (QED) is 0.756. The van der Waals surface area contributed by atoms with Crippen LogP contribution in [0.3, 0.4) is 0 Å². The Morgan fingerprint density at radius 3 is 2.86 bits per heavy atom. The average Bonchev–Trinajstić information content (AvgIpc) is 2.85. The fraction of sp³-hybridized carbons (Fsp3) is 0.294. The van der Waals surface area contributed by atoms with Crippen molar-refractivity contribution >= 4 is 5.65 Å². The minimum Gasteiger partial charge on any atom is -0.395 e. The van der Waals surface area contributed by atoms with Gasteiger partial charge in [0, 0.05) is 38.2 Å². The number of imidazole rings is 1. The first-order valence-electron chi connectivity index (χ1n) is 7.42. The molecule has 0 unspecified atom stereocenters. The summed E-state index contributed by atoms with van der Waals surface area (Å²) in [7, 11) is 0. The summed E-state index contributed by atoms with van der Waals surface area (Å²) in [6.07, 6.45) is 5.67. The zero-order valence-corrected chi connectivity index (χ0v) is 12.7. The summed E-state index contributed by atoms with van der Waals surface area (Å²) in [5.41, 5.74) is 4.29. The van der Waals surface area contributed by atoms with Gasteiger partial charge in [-0.25, -0.2) is 4.98 Å². The molecule has 0 aliphatic carbocycles. The van der Waals surface area contributed by atoms with Crippen molar-refractivity contribution in [1.29, 1.82) is 0 Å². The van der Waals surface area contributed by atoms with Crippen LogP contribution >= 0.6 is 0 Å². The van der Waals surface area contributed by atoms with Gasteiger partial charge in [0.25, 0.3) is 0 Å². The summed E-state index contributed by atoms with van der Waals surface area (Å²) in [4.78, 5) is 11.0. The highest BCUT2D eigenvalue weighted by Crippen LogP contribution is 2.15. The van der Waals surface area contributed by atoms with Gasteiger partial charge in [-0.05, 0) is 30.7 Å². The number of hydrogen-bond acceptors (Lipinski definition) is 4. The number of pyridine rings is 2. The van der Waals surface area contributed by atoms with Gasteiger partial charge in [0.05, 0.1) is 18.0 Å². The third kappa shape index (κ3) is 3.16. The topological polar surface area (TPSA) is 53.7 Å². The second kappa shape index (κ2) is 6.68. The fourth-order valence-corrected chi connectivity index (χ4v) is 2.67. The third-order valence-electron chi connectivity index (χ3n) is 3.75. The Balaban J connectivity index is 1.84. The number of fused-ring (bicyclic) bond motifs is 1. The molecule has 1 N–H and O–H groups in total. The van der Waals surface area contributed by atoms with Gasteiger partial charge in [-0.3, -0.25) is 9.88 Å². The predicted molar refractivity (Wildman–Crippen MR) is 85.4 cm³/mol. The highest BCUT2D eigenvalue weighted by Gasteiger charge is 2.13. The number of aryl methyl sites for hydroxylation is 1. The van der Waals surface area contributed by atoms with Crippen LogP contribution in [0.25, 0.3) is 5.65 Å². The SMILES string of the molecule is Cc1nc2ccccn2c1CN(CCO)Cc1cccnc1. The summed E-state index contributed by atoms with van der Waals surface area (Å²) in [6, 6.07) is 10.0. The van der Waals surface area contributed by atoms with E-state index < -0.39 is 0 Å². The van der Waals surface area contributed by atoms with Crippen molar-refractivity contribution in [3.05, 3.63) is 65.9 Å². The molecule has 0 bridgehead atoms. The van der Waals surface area contributed by atoms with Crippen LogP contribution in [0.2, 0.25) is 0 Å². The molecule has 0 atom stereocenters. The Morgan fingerprint density at radius 2 is 2.09 bits per heavy atom. The van der Waals surface area contributed by atoms with Gasteiger partial charge in [0.2, 0.25) is 0 Å². The Kier molecular flexibility index (Phi) is 4.46. The molecule has 3 rings (SSSR count). The van der Waals surface area contributed by atoms with Crippen molar-refractivity contribution in [2.75, 3.05) is 13.2 Å². The van der Waals surface area contributed by atoms with Crippen molar-refractivity contribution < 1.29 is 5.11 Å². The van der Waals surface area contributed by atoms with E-state index in [1.54, 1.807) is 6.20 Å². The fourth-order valence-electron chi connectivity index (χ4n) is 2.67. The lowest BCUT2D eigenvalue weighted by Crippen LogP contribution is -2.27. The van der Waals surface area contributed by atoms with Gasteiger partial charge < -0.3 is 9.51 Å². The highest BCUT2D eigenvalue weighted by molar-refractivity contribution is 5.42. The maximum Gasteiger partial charge on any atom is 0.137 e. The first-order valence-corrected chi connectivity index (χ1v) is 7.42. The molecule has 0 aliphatic rings. The molecule has 0 amide bonds. The zero-order valence-electron chi connectivity index (χ0n) is 12.7. The molecular formula is C17H20N4O. The van der Waals surface area contributed by atoms with E-state index in [1.165, 1.54) is 0 Å². The molecule has 0 fully saturated rings. The van der Waals surface area contributed by atoms with Crippen LogP contribution in [0.4, 0.5) is 0 Å². The summed E-state index contributed by atoms with van der Waals surface area (Å²) >= 11 is 0. The van der Waals surface area contributed by atoms with Gasteiger partial charge in [-0.2, -0.15) is 0 Å². The lowest BCUT2D eigenvalue weighted by Gasteiger charge is -2.21. The van der Waals surface area contributed by atoms with E-state index >= 15 is 0 Å².